The molecule has 3 aromatic rings. The molecular weight excluding hydrogens is 286 g/mol. The van der Waals surface area contributed by atoms with E-state index in [1.165, 1.54) is 9.75 Å². The van der Waals surface area contributed by atoms with Gasteiger partial charge in [0, 0.05) is 16.3 Å². The van der Waals surface area contributed by atoms with Gasteiger partial charge in [0.1, 0.15) is 0 Å². The van der Waals surface area contributed by atoms with Gasteiger partial charge in [0.15, 0.2) is 5.13 Å². The maximum absolute atomic E-state index is 5.77. The van der Waals surface area contributed by atoms with E-state index in [1.807, 2.05) is 25.1 Å². The minimum atomic E-state index is 0.780. The molecule has 0 saturated heterocycles. The molecule has 0 bridgehead atoms. The van der Waals surface area contributed by atoms with Crippen LogP contribution in [-0.4, -0.2) is 4.98 Å². The second kappa shape index (κ2) is 5.26. The standard InChI is InChI=1S/C15H15N3S2/c1-9-8-11(16)5-6-12(9)17-15-18-14(10(2)20-15)13-4-3-7-19-13/h3-8H,16H2,1-2H3,(H,17,18). The third-order valence-electron chi connectivity index (χ3n) is 3.04. The van der Waals surface area contributed by atoms with Crippen LogP contribution in [0.2, 0.25) is 0 Å². The normalized spacial score (nSPS) is 10.7. The second-order valence-corrected chi connectivity index (χ2v) is 6.75. The van der Waals surface area contributed by atoms with Crippen LogP contribution < -0.4 is 11.1 Å². The number of hydrogen-bond donors (Lipinski definition) is 2. The molecule has 0 aliphatic carbocycles. The molecule has 0 aliphatic rings. The number of aryl methyl sites for hydroxylation is 2. The van der Waals surface area contributed by atoms with Crippen LogP contribution in [0.1, 0.15) is 10.4 Å². The summed E-state index contributed by atoms with van der Waals surface area (Å²) in [4.78, 5) is 7.13. The van der Waals surface area contributed by atoms with Crippen LogP contribution in [0.3, 0.4) is 0 Å². The lowest BCUT2D eigenvalue weighted by Crippen LogP contribution is -1.94. The lowest BCUT2D eigenvalue weighted by atomic mass is 10.2. The number of anilines is 3. The van der Waals surface area contributed by atoms with Gasteiger partial charge < -0.3 is 11.1 Å². The van der Waals surface area contributed by atoms with E-state index >= 15 is 0 Å². The number of nitrogens with zero attached hydrogens (tertiary/aromatic N) is 1. The van der Waals surface area contributed by atoms with Crippen molar-refractivity contribution in [3.63, 3.8) is 0 Å². The molecule has 0 atom stereocenters. The van der Waals surface area contributed by atoms with Crippen LogP contribution >= 0.6 is 22.7 Å². The van der Waals surface area contributed by atoms with Gasteiger partial charge in [-0.05, 0) is 49.1 Å². The molecule has 5 heteroatoms. The third kappa shape index (κ3) is 2.55. The van der Waals surface area contributed by atoms with Crippen LogP contribution in [0.15, 0.2) is 35.7 Å². The molecular formula is C15H15N3S2. The highest BCUT2D eigenvalue weighted by atomic mass is 32.1. The van der Waals surface area contributed by atoms with Crippen LogP contribution in [-0.2, 0) is 0 Å². The van der Waals surface area contributed by atoms with Crippen LogP contribution in [0.5, 0.6) is 0 Å². The Kier molecular flexibility index (Phi) is 3.46. The van der Waals surface area contributed by atoms with Gasteiger partial charge >= 0.3 is 0 Å². The van der Waals surface area contributed by atoms with Crippen LogP contribution in [0, 0.1) is 13.8 Å². The zero-order valence-corrected chi connectivity index (χ0v) is 12.9. The molecule has 0 fully saturated rings. The molecule has 0 radical (unpaired) electrons. The van der Waals surface area contributed by atoms with E-state index in [0.717, 1.165) is 27.8 Å². The third-order valence-corrected chi connectivity index (χ3v) is 4.81. The molecule has 0 amide bonds. The molecule has 0 spiro atoms. The molecule has 3 rings (SSSR count). The highest BCUT2D eigenvalue weighted by molar-refractivity contribution is 7.17. The number of thiophene rings is 1. The van der Waals surface area contributed by atoms with Crippen LogP contribution in [0.25, 0.3) is 10.6 Å². The Bertz CT molecular complexity index is 730. The van der Waals surface area contributed by atoms with E-state index in [0.29, 0.717) is 0 Å². The van der Waals surface area contributed by atoms with Crippen molar-refractivity contribution in [3.05, 3.63) is 46.2 Å². The Morgan fingerprint density at radius 3 is 2.75 bits per heavy atom. The largest absolute Gasteiger partial charge is 0.399 e. The minimum absolute atomic E-state index is 0.780. The molecule has 3 N–H and O–H groups in total. The SMILES string of the molecule is Cc1cc(N)ccc1Nc1nc(-c2cccs2)c(C)s1. The number of benzene rings is 1. The summed E-state index contributed by atoms with van der Waals surface area (Å²) in [7, 11) is 0. The molecule has 20 heavy (non-hydrogen) atoms. The van der Waals surface area contributed by atoms with Crippen molar-refractivity contribution < 1.29 is 0 Å². The van der Waals surface area contributed by atoms with Crippen molar-refractivity contribution >= 4 is 39.2 Å². The summed E-state index contributed by atoms with van der Waals surface area (Å²) >= 11 is 3.39. The number of rotatable bonds is 3. The van der Waals surface area contributed by atoms with Gasteiger partial charge in [0.2, 0.25) is 0 Å². The van der Waals surface area contributed by atoms with Gasteiger partial charge in [-0.15, -0.1) is 22.7 Å². The van der Waals surface area contributed by atoms with Crippen molar-refractivity contribution in [3.8, 4) is 10.6 Å². The zero-order chi connectivity index (χ0) is 14.1. The summed E-state index contributed by atoms with van der Waals surface area (Å²) in [5.41, 5.74) is 9.79. The van der Waals surface area contributed by atoms with Crippen molar-refractivity contribution in [1.82, 2.24) is 4.98 Å². The van der Waals surface area contributed by atoms with Gasteiger partial charge in [-0.3, -0.25) is 0 Å². The molecule has 2 aromatic heterocycles. The van der Waals surface area contributed by atoms with E-state index in [9.17, 15) is 0 Å². The van der Waals surface area contributed by atoms with E-state index in [4.69, 9.17) is 10.7 Å². The average Bonchev–Trinajstić information content (AvgIpc) is 3.02. The predicted octanol–water partition coefficient (Wildman–Crippen LogP) is 4.81. The maximum Gasteiger partial charge on any atom is 0.188 e. The van der Waals surface area contributed by atoms with Gasteiger partial charge in [-0.2, -0.15) is 0 Å². The maximum atomic E-state index is 5.77. The first kappa shape index (κ1) is 13.1. The average molecular weight is 301 g/mol. The smallest absolute Gasteiger partial charge is 0.188 e. The molecule has 0 saturated carbocycles. The second-order valence-electron chi connectivity index (χ2n) is 4.60. The zero-order valence-electron chi connectivity index (χ0n) is 11.3. The van der Waals surface area contributed by atoms with Crippen LogP contribution in [0.4, 0.5) is 16.5 Å². The van der Waals surface area contributed by atoms with Crippen molar-refractivity contribution in [2.24, 2.45) is 0 Å². The summed E-state index contributed by atoms with van der Waals surface area (Å²) < 4.78 is 0. The van der Waals surface area contributed by atoms with Gasteiger partial charge in [-0.1, -0.05) is 6.07 Å². The fraction of sp³-hybridized carbons (Fsp3) is 0.133. The fourth-order valence-electron chi connectivity index (χ4n) is 2.03. The summed E-state index contributed by atoms with van der Waals surface area (Å²) in [5, 5.41) is 6.37. The Balaban J connectivity index is 1.90. The Morgan fingerprint density at radius 1 is 1.20 bits per heavy atom. The number of thiazole rings is 1. The molecule has 3 nitrogen and oxygen atoms in total. The van der Waals surface area contributed by atoms with Crippen molar-refractivity contribution in [2.75, 3.05) is 11.1 Å². The van der Waals surface area contributed by atoms with Crippen molar-refractivity contribution in [1.29, 1.82) is 0 Å². The Hall–Kier alpha value is -1.85. The van der Waals surface area contributed by atoms with Crippen molar-refractivity contribution in [2.45, 2.75) is 13.8 Å². The monoisotopic (exact) mass is 301 g/mol. The minimum Gasteiger partial charge on any atom is -0.399 e. The molecule has 0 unspecified atom stereocenters. The summed E-state index contributed by atoms with van der Waals surface area (Å²) in [6.45, 7) is 4.15. The van der Waals surface area contributed by atoms with E-state index in [-0.39, 0.29) is 0 Å². The Labute approximate surface area is 126 Å². The van der Waals surface area contributed by atoms with Gasteiger partial charge in [-0.25, -0.2) is 4.98 Å². The molecule has 0 aliphatic heterocycles. The highest BCUT2D eigenvalue weighted by Crippen LogP contribution is 2.34. The number of aromatic nitrogens is 1. The Morgan fingerprint density at radius 2 is 2.05 bits per heavy atom. The first-order chi connectivity index (χ1) is 9.63. The number of nitrogens with two attached hydrogens (primary N) is 1. The first-order valence-corrected chi connectivity index (χ1v) is 7.97. The van der Waals surface area contributed by atoms with E-state index in [1.54, 1.807) is 22.7 Å². The number of hydrogen-bond acceptors (Lipinski definition) is 5. The van der Waals surface area contributed by atoms with Gasteiger partial charge in [0.25, 0.3) is 0 Å². The lowest BCUT2D eigenvalue weighted by molar-refractivity contribution is 1.36. The fourth-order valence-corrected chi connectivity index (χ4v) is 3.71. The van der Waals surface area contributed by atoms with E-state index < -0.39 is 0 Å². The summed E-state index contributed by atoms with van der Waals surface area (Å²) in [6.07, 6.45) is 0. The van der Waals surface area contributed by atoms with E-state index in [2.05, 4.69) is 29.8 Å². The molecule has 102 valence electrons. The number of nitrogens with one attached hydrogen (secondary N) is 1. The quantitative estimate of drug-likeness (QED) is 0.682. The summed E-state index contributed by atoms with van der Waals surface area (Å²) in [5.74, 6) is 0. The molecule has 2 heterocycles. The number of nitrogen functional groups attached to an aromatic ring is 1. The topological polar surface area (TPSA) is 50.9 Å². The first-order valence-electron chi connectivity index (χ1n) is 6.28. The van der Waals surface area contributed by atoms with Gasteiger partial charge in [0.05, 0.1) is 10.6 Å². The predicted molar refractivity (Wildman–Crippen MR) is 89.0 cm³/mol. The highest BCUT2D eigenvalue weighted by Gasteiger charge is 2.11. The lowest BCUT2D eigenvalue weighted by Gasteiger charge is -2.07. The molecule has 1 aromatic carbocycles. The summed E-state index contributed by atoms with van der Waals surface area (Å²) in [6, 6.07) is 10.0.